The largest absolute Gasteiger partial charge is 0.758 e. The maximum absolute atomic E-state index is 11.9. The van der Waals surface area contributed by atoms with Crippen LogP contribution in [0.4, 0.5) is 0 Å². The van der Waals surface area contributed by atoms with Gasteiger partial charge in [-0.25, -0.2) is 0 Å². The summed E-state index contributed by atoms with van der Waals surface area (Å²) in [5, 5.41) is 21.7. The van der Waals surface area contributed by atoms with Crippen LogP contribution in [-0.4, -0.2) is 28.0 Å². The Balaban J connectivity index is 2.10. The first-order valence-corrected chi connectivity index (χ1v) is 6.10. The van der Waals surface area contributed by atoms with E-state index in [-0.39, 0.29) is 17.1 Å². The molecule has 1 fully saturated rings. The van der Waals surface area contributed by atoms with Gasteiger partial charge in [-0.15, -0.1) is 0 Å². The normalized spacial score (nSPS) is 34.2. The fraction of sp³-hybridized carbons (Fsp3) is 0.692. The minimum atomic E-state index is -0.839. The van der Waals surface area contributed by atoms with Crippen LogP contribution in [0.2, 0.25) is 0 Å². The van der Waals surface area contributed by atoms with Gasteiger partial charge in [0.1, 0.15) is 0 Å². The standard InChI is InChI=1S/C13H18NO4/c1-6-7(2)14(18)9(11(6)15)5-8-10(12(16)17)13(8,3)4/h8-10H,5H2,1-4H3,(H,16,17)/q-1. The maximum Gasteiger partial charge on any atom is 0.307 e. The third-order valence-corrected chi connectivity index (χ3v) is 4.62. The van der Waals surface area contributed by atoms with Crippen molar-refractivity contribution in [1.82, 2.24) is 5.06 Å². The quantitative estimate of drug-likeness (QED) is 0.828. The summed E-state index contributed by atoms with van der Waals surface area (Å²) in [5.41, 5.74) is 0.632. The summed E-state index contributed by atoms with van der Waals surface area (Å²) in [4.78, 5) is 23.0. The number of carbonyl (C=O) groups is 2. The molecule has 18 heavy (non-hydrogen) atoms. The molecule has 1 N–H and O–H groups in total. The molecule has 1 aliphatic carbocycles. The maximum atomic E-state index is 11.9. The molecule has 3 atom stereocenters. The minimum absolute atomic E-state index is 0.0981. The number of carbonyl (C=O) groups excluding carboxylic acids is 1. The first kappa shape index (κ1) is 13.1. The molecule has 5 nitrogen and oxygen atoms in total. The number of carboxylic acids is 1. The van der Waals surface area contributed by atoms with Gasteiger partial charge in [-0.2, -0.15) is 0 Å². The lowest BCUT2D eigenvalue weighted by Gasteiger charge is -2.33. The second-order valence-corrected chi connectivity index (χ2v) is 5.90. The van der Waals surface area contributed by atoms with Gasteiger partial charge in [0, 0.05) is 11.3 Å². The zero-order chi connectivity index (χ0) is 13.8. The molecule has 0 amide bonds. The lowest BCUT2D eigenvalue weighted by atomic mass is 10.00. The predicted octanol–water partition coefficient (Wildman–Crippen LogP) is 1.78. The summed E-state index contributed by atoms with van der Waals surface area (Å²) in [6.45, 7) is 7.03. The van der Waals surface area contributed by atoms with Crippen LogP contribution < -0.4 is 0 Å². The third kappa shape index (κ3) is 1.65. The van der Waals surface area contributed by atoms with Crippen LogP contribution in [-0.2, 0) is 9.59 Å². The molecule has 2 rings (SSSR count). The van der Waals surface area contributed by atoms with Crippen molar-refractivity contribution in [3.05, 3.63) is 16.5 Å². The monoisotopic (exact) mass is 252 g/mol. The number of nitrogens with zero attached hydrogens (tertiary/aromatic N) is 1. The third-order valence-electron chi connectivity index (χ3n) is 4.62. The molecule has 0 aromatic heterocycles. The van der Waals surface area contributed by atoms with Crippen molar-refractivity contribution in [2.24, 2.45) is 17.3 Å². The average Bonchev–Trinajstić information content (AvgIpc) is 2.78. The Morgan fingerprint density at radius 1 is 1.44 bits per heavy atom. The smallest absolute Gasteiger partial charge is 0.307 e. The van der Waals surface area contributed by atoms with Gasteiger partial charge in [-0.3, -0.25) is 9.59 Å². The van der Waals surface area contributed by atoms with E-state index in [9.17, 15) is 14.8 Å². The van der Waals surface area contributed by atoms with Crippen LogP contribution in [0.25, 0.3) is 0 Å². The fourth-order valence-corrected chi connectivity index (χ4v) is 3.05. The Kier molecular flexibility index (Phi) is 2.77. The van der Waals surface area contributed by atoms with E-state index in [1.807, 2.05) is 13.8 Å². The molecule has 0 aromatic rings. The highest BCUT2D eigenvalue weighted by atomic mass is 16.5. The molecule has 5 heteroatoms. The Morgan fingerprint density at radius 3 is 2.33 bits per heavy atom. The summed E-state index contributed by atoms with van der Waals surface area (Å²) in [7, 11) is 0. The number of hydroxylamine groups is 2. The average molecular weight is 252 g/mol. The second kappa shape index (κ2) is 3.82. The van der Waals surface area contributed by atoms with E-state index in [0.717, 1.165) is 5.06 Å². The lowest BCUT2D eigenvalue weighted by Crippen LogP contribution is -2.30. The van der Waals surface area contributed by atoms with Gasteiger partial charge in [0.15, 0.2) is 5.78 Å². The van der Waals surface area contributed by atoms with E-state index in [2.05, 4.69) is 0 Å². The van der Waals surface area contributed by atoms with Gasteiger partial charge in [0.2, 0.25) is 0 Å². The van der Waals surface area contributed by atoms with Gasteiger partial charge in [-0.1, -0.05) is 13.8 Å². The number of hydrogen-bond donors (Lipinski definition) is 1. The molecule has 2 aliphatic rings. The van der Waals surface area contributed by atoms with Crippen molar-refractivity contribution in [3.8, 4) is 0 Å². The van der Waals surface area contributed by atoms with E-state index in [4.69, 9.17) is 5.11 Å². The van der Waals surface area contributed by atoms with Crippen LogP contribution in [0.3, 0.4) is 0 Å². The van der Waals surface area contributed by atoms with E-state index in [1.165, 1.54) is 0 Å². The SMILES string of the molecule is CC1=C(C)N([O-])C(CC2C(C(=O)O)C2(C)C)C1=O. The summed E-state index contributed by atoms with van der Waals surface area (Å²) >= 11 is 0. The Bertz CT molecular complexity index is 452. The Labute approximate surface area is 106 Å². The molecule has 1 heterocycles. The van der Waals surface area contributed by atoms with E-state index < -0.39 is 17.9 Å². The van der Waals surface area contributed by atoms with Crippen LogP contribution in [0.1, 0.15) is 34.1 Å². The Hall–Kier alpha value is -1.36. The number of carboxylic acid groups (broad SMARTS) is 1. The molecule has 0 aromatic carbocycles. The molecule has 0 bridgehead atoms. The summed E-state index contributed by atoms with van der Waals surface area (Å²) < 4.78 is 0. The van der Waals surface area contributed by atoms with E-state index in [0.29, 0.717) is 17.7 Å². The highest BCUT2D eigenvalue weighted by Gasteiger charge is 2.62. The van der Waals surface area contributed by atoms with Gasteiger partial charge in [-0.05, 0) is 31.6 Å². The van der Waals surface area contributed by atoms with E-state index in [1.54, 1.807) is 13.8 Å². The summed E-state index contributed by atoms with van der Waals surface area (Å²) in [5.74, 6) is -1.54. The minimum Gasteiger partial charge on any atom is -0.758 e. The summed E-state index contributed by atoms with van der Waals surface area (Å²) in [6, 6.07) is -0.723. The van der Waals surface area contributed by atoms with Gasteiger partial charge >= 0.3 is 5.97 Å². The first-order chi connectivity index (χ1) is 8.19. The molecule has 1 saturated carbocycles. The van der Waals surface area contributed by atoms with Crippen LogP contribution in [0.5, 0.6) is 0 Å². The first-order valence-electron chi connectivity index (χ1n) is 6.10. The highest BCUT2D eigenvalue weighted by molar-refractivity contribution is 6.02. The number of allylic oxidation sites excluding steroid dienone is 1. The number of rotatable bonds is 3. The van der Waals surface area contributed by atoms with Crippen molar-refractivity contribution in [2.45, 2.75) is 40.2 Å². The number of Topliss-reactive ketones (excluding diaryl/α,β-unsaturated/α-hetero) is 1. The van der Waals surface area contributed by atoms with E-state index >= 15 is 0 Å². The zero-order valence-corrected chi connectivity index (χ0v) is 11.1. The molecule has 0 radical (unpaired) electrons. The number of aliphatic carboxylic acids is 1. The molecular formula is C13H18NO4-. The molecule has 1 aliphatic heterocycles. The van der Waals surface area contributed by atoms with Crippen molar-refractivity contribution >= 4 is 11.8 Å². The van der Waals surface area contributed by atoms with Crippen molar-refractivity contribution in [3.63, 3.8) is 0 Å². The van der Waals surface area contributed by atoms with Gasteiger partial charge in [0.25, 0.3) is 0 Å². The fourth-order valence-electron chi connectivity index (χ4n) is 3.05. The molecule has 100 valence electrons. The van der Waals surface area contributed by atoms with Crippen LogP contribution in [0.15, 0.2) is 11.3 Å². The molecule has 0 spiro atoms. The van der Waals surface area contributed by atoms with Crippen LogP contribution >= 0.6 is 0 Å². The topological polar surface area (TPSA) is 80.7 Å². The van der Waals surface area contributed by atoms with Crippen LogP contribution in [0, 0.1) is 22.5 Å². The van der Waals surface area contributed by atoms with Gasteiger partial charge < -0.3 is 15.4 Å². The van der Waals surface area contributed by atoms with Crippen molar-refractivity contribution in [1.29, 1.82) is 0 Å². The Morgan fingerprint density at radius 2 is 2.00 bits per heavy atom. The molecule has 3 unspecified atom stereocenters. The lowest BCUT2D eigenvalue weighted by molar-refractivity contribution is -0.139. The number of ketones is 1. The predicted molar refractivity (Wildman–Crippen MR) is 65.4 cm³/mol. The second-order valence-electron chi connectivity index (χ2n) is 5.90. The molecular weight excluding hydrogens is 234 g/mol. The number of hydrogen-bond acceptors (Lipinski definition) is 4. The van der Waals surface area contributed by atoms with Gasteiger partial charge in [0.05, 0.1) is 12.0 Å². The highest BCUT2D eigenvalue weighted by Crippen LogP contribution is 2.61. The van der Waals surface area contributed by atoms with Crippen molar-refractivity contribution < 1.29 is 14.7 Å². The summed E-state index contributed by atoms with van der Waals surface area (Å²) in [6.07, 6.45) is 0.334. The zero-order valence-electron chi connectivity index (χ0n) is 11.1. The van der Waals surface area contributed by atoms with Crippen molar-refractivity contribution in [2.75, 3.05) is 0 Å². The molecule has 0 saturated heterocycles.